The van der Waals surface area contributed by atoms with Crippen molar-refractivity contribution in [1.82, 2.24) is 5.06 Å². The number of allylic oxidation sites excluding steroid dienone is 2. The summed E-state index contributed by atoms with van der Waals surface area (Å²) in [6.07, 6.45) is -0.690. The summed E-state index contributed by atoms with van der Waals surface area (Å²) in [6, 6.07) is 9.35. The molecule has 0 spiro atoms. The lowest BCUT2D eigenvalue weighted by atomic mass is 9.65. The maximum atomic E-state index is 13.1. The van der Waals surface area contributed by atoms with E-state index in [0.29, 0.717) is 16.5 Å². The Morgan fingerprint density at radius 3 is 2.00 bits per heavy atom. The summed E-state index contributed by atoms with van der Waals surface area (Å²) >= 11 is 26.7. The van der Waals surface area contributed by atoms with Gasteiger partial charge in [-0.1, -0.05) is 53.5 Å². The molecule has 1 aromatic carbocycles. The van der Waals surface area contributed by atoms with Crippen LogP contribution >= 0.6 is 46.4 Å². The first-order valence-corrected chi connectivity index (χ1v) is 10.9. The number of imide groups is 1. The number of carbonyl (C=O) groups excluding carboxylic acids is 2. The van der Waals surface area contributed by atoms with E-state index in [4.69, 9.17) is 56.0 Å². The molecule has 29 heavy (non-hydrogen) atoms. The standard InChI is InChI=1S/C20H15Cl4NO4/c21-15-16(22)20(24)7-19(15,23)11-12(20)14-10-9(13(11)29-14)17(26)25(18(10)27)28-6-8-4-2-1-3-5-8/h1-5,9-14H,6-7H2/t9-,10-,11+,12+,13-,14+,19+,20+/m1/s1. The summed E-state index contributed by atoms with van der Waals surface area (Å²) < 4.78 is 6.13. The molecule has 3 aliphatic heterocycles. The van der Waals surface area contributed by atoms with Gasteiger partial charge in [0.15, 0.2) is 0 Å². The molecular formula is C20H15Cl4NO4. The van der Waals surface area contributed by atoms with Gasteiger partial charge in [-0.3, -0.25) is 14.4 Å². The number of hydroxylamine groups is 2. The first-order chi connectivity index (χ1) is 13.8. The third-order valence-electron chi connectivity index (χ3n) is 7.17. The SMILES string of the molecule is O=C1[C@H]2[C@H]3O[C@@H]([C@@H]2C(=O)N1OCc1ccccc1)[C@@H]1[C@@H]3[C@@]2(Cl)C[C@@]1(Cl)C(Cl)=C2Cl. The van der Waals surface area contributed by atoms with Gasteiger partial charge in [0.25, 0.3) is 11.8 Å². The normalized spacial score (nSPS) is 46.8. The Kier molecular flexibility index (Phi) is 3.85. The maximum absolute atomic E-state index is 13.1. The minimum atomic E-state index is -0.961. The van der Waals surface area contributed by atoms with Crippen LogP contribution in [-0.2, 0) is 25.8 Å². The molecule has 4 bridgehead atoms. The van der Waals surface area contributed by atoms with Gasteiger partial charge >= 0.3 is 0 Å². The average molecular weight is 475 g/mol. The molecule has 0 N–H and O–H groups in total. The lowest BCUT2D eigenvalue weighted by Crippen LogP contribution is -2.50. The number of halogens is 4. The minimum absolute atomic E-state index is 0.124. The fourth-order valence-corrected chi connectivity index (χ4v) is 8.12. The van der Waals surface area contributed by atoms with Crippen molar-refractivity contribution in [1.29, 1.82) is 0 Å². The van der Waals surface area contributed by atoms with Crippen molar-refractivity contribution in [3.05, 3.63) is 46.0 Å². The second-order valence-electron chi connectivity index (χ2n) is 8.43. The van der Waals surface area contributed by atoms with Crippen LogP contribution in [0.15, 0.2) is 40.4 Å². The average Bonchev–Trinajstić information content (AvgIpc) is 3.43. The van der Waals surface area contributed by atoms with E-state index in [9.17, 15) is 9.59 Å². The summed E-state index contributed by atoms with van der Waals surface area (Å²) in [4.78, 5) is 29.9. The predicted molar refractivity (Wildman–Crippen MR) is 106 cm³/mol. The molecule has 2 aliphatic carbocycles. The van der Waals surface area contributed by atoms with E-state index in [1.54, 1.807) is 0 Å². The van der Waals surface area contributed by atoms with Crippen molar-refractivity contribution in [3.8, 4) is 0 Å². The van der Waals surface area contributed by atoms with Crippen molar-refractivity contribution in [3.63, 3.8) is 0 Å². The molecule has 3 heterocycles. The van der Waals surface area contributed by atoms with Crippen molar-refractivity contribution in [2.75, 3.05) is 0 Å². The van der Waals surface area contributed by atoms with Crippen molar-refractivity contribution >= 4 is 58.2 Å². The lowest BCUT2D eigenvalue weighted by molar-refractivity contribution is -0.196. The fourth-order valence-electron chi connectivity index (χ4n) is 6.11. The molecule has 152 valence electrons. The Morgan fingerprint density at radius 2 is 1.48 bits per heavy atom. The van der Waals surface area contributed by atoms with Crippen LogP contribution < -0.4 is 0 Å². The molecule has 4 fully saturated rings. The molecule has 8 atom stereocenters. The van der Waals surface area contributed by atoms with Gasteiger partial charge in [0, 0.05) is 11.8 Å². The van der Waals surface area contributed by atoms with Gasteiger partial charge in [0.05, 0.1) is 43.9 Å². The highest BCUT2D eigenvalue weighted by atomic mass is 35.5. The Balaban J connectivity index is 1.32. The van der Waals surface area contributed by atoms with E-state index in [0.717, 1.165) is 10.6 Å². The summed E-state index contributed by atoms with van der Waals surface area (Å²) in [6.45, 7) is 0.124. The maximum Gasteiger partial charge on any atom is 0.260 e. The smallest absolute Gasteiger partial charge is 0.260 e. The molecule has 0 radical (unpaired) electrons. The molecule has 5 aliphatic rings. The third-order valence-corrected chi connectivity index (χ3v) is 9.66. The fraction of sp³-hybridized carbons (Fsp3) is 0.500. The van der Waals surface area contributed by atoms with Gasteiger partial charge in [-0.2, -0.15) is 5.06 Å². The number of nitrogens with zero attached hydrogens (tertiary/aromatic N) is 1. The molecule has 5 nitrogen and oxygen atoms in total. The molecule has 6 rings (SSSR count). The zero-order valence-electron chi connectivity index (χ0n) is 14.9. The molecular weight excluding hydrogens is 460 g/mol. The number of alkyl halides is 2. The Hall–Kier alpha value is -0.820. The molecule has 1 saturated carbocycles. The predicted octanol–water partition coefficient (Wildman–Crippen LogP) is 3.79. The highest BCUT2D eigenvalue weighted by molar-refractivity contribution is 6.51. The zero-order valence-corrected chi connectivity index (χ0v) is 17.9. The van der Waals surface area contributed by atoms with Crippen LogP contribution in [0.2, 0.25) is 0 Å². The van der Waals surface area contributed by atoms with Crippen LogP contribution in [0.25, 0.3) is 0 Å². The molecule has 1 aromatic rings. The molecule has 3 saturated heterocycles. The molecule has 2 amide bonds. The van der Waals surface area contributed by atoms with Crippen LogP contribution in [0.4, 0.5) is 0 Å². The summed E-state index contributed by atoms with van der Waals surface area (Å²) in [5.41, 5.74) is 0.862. The van der Waals surface area contributed by atoms with Crippen LogP contribution in [-0.4, -0.2) is 38.8 Å². The number of hydrogen-bond donors (Lipinski definition) is 0. The minimum Gasteiger partial charge on any atom is -0.373 e. The van der Waals surface area contributed by atoms with Gasteiger partial charge in [-0.25, -0.2) is 0 Å². The number of benzene rings is 1. The van der Waals surface area contributed by atoms with Gasteiger partial charge in [0.2, 0.25) is 0 Å². The van der Waals surface area contributed by atoms with Gasteiger partial charge < -0.3 is 4.74 Å². The van der Waals surface area contributed by atoms with E-state index < -0.39 is 33.8 Å². The Bertz CT molecular complexity index is 932. The van der Waals surface area contributed by atoms with Gasteiger partial charge in [0.1, 0.15) is 6.61 Å². The number of amides is 2. The monoisotopic (exact) mass is 473 g/mol. The number of carbonyl (C=O) groups is 2. The molecule has 9 heteroatoms. The summed E-state index contributed by atoms with van der Waals surface area (Å²) in [5.74, 6) is -2.59. The molecule has 0 aromatic heterocycles. The van der Waals surface area contributed by atoms with Crippen molar-refractivity contribution in [2.45, 2.75) is 35.0 Å². The quantitative estimate of drug-likeness (QED) is 0.494. The Morgan fingerprint density at radius 1 is 0.966 bits per heavy atom. The third kappa shape index (κ3) is 2.12. The largest absolute Gasteiger partial charge is 0.373 e. The highest BCUT2D eigenvalue weighted by Crippen LogP contribution is 2.75. The first-order valence-electron chi connectivity index (χ1n) is 9.43. The summed E-state index contributed by atoms with van der Waals surface area (Å²) in [5, 5.41) is 1.56. The number of fused-ring (bicyclic) bond motifs is 12. The van der Waals surface area contributed by atoms with E-state index in [-0.39, 0.29) is 30.3 Å². The first kappa shape index (κ1) is 18.9. The second-order valence-corrected chi connectivity index (χ2v) is 10.5. The van der Waals surface area contributed by atoms with E-state index in [1.807, 2.05) is 30.3 Å². The number of rotatable bonds is 3. The van der Waals surface area contributed by atoms with Crippen molar-refractivity contribution < 1.29 is 19.2 Å². The number of ether oxygens (including phenoxy) is 1. The second kappa shape index (κ2) is 5.90. The zero-order chi connectivity index (χ0) is 20.3. The highest BCUT2D eigenvalue weighted by Gasteiger charge is 2.82. The van der Waals surface area contributed by atoms with Crippen LogP contribution in [0, 0.1) is 23.7 Å². The van der Waals surface area contributed by atoms with Crippen LogP contribution in [0.1, 0.15) is 12.0 Å². The van der Waals surface area contributed by atoms with Gasteiger partial charge in [-0.05, 0) is 12.0 Å². The van der Waals surface area contributed by atoms with Crippen LogP contribution in [0.3, 0.4) is 0 Å². The topological polar surface area (TPSA) is 55.8 Å². The van der Waals surface area contributed by atoms with Crippen molar-refractivity contribution in [2.24, 2.45) is 23.7 Å². The number of hydrogen-bond acceptors (Lipinski definition) is 4. The summed E-state index contributed by atoms with van der Waals surface area (Å²) in [7, 11) is 0. The Labute approximate surface area is 186 Å². The van der Waals surface area contributed by atoms with E-state index in [2.05, 4.69) is 0 Å². The lowest BCUT2D eigenvalue weighted by Gasteiger charge is -2.40. The molecule has 0 unspecified atom stereocenters. The van der Waals surface area contributed by atoms with Crippen LogP contribution in [0.5, 0.6) is 0 Å². The van der Waals surface area contributed by atoms with Gasteiger partial charge in [-0.15, -0.1) is 23.2 Å². The van der Waals surface area contributed by atoms with E-state index in [1.165, 1.54) is 0 Å². The van der Waals surface area contributed by atoms with E-state index >= 15 is 0 Å².